The molecule has 1 aromatic carbocycles. The van der Waals surface area contributed by atoms with Gasteiger partial charge in [-0.1, -0.05) is 17.3 Å². The van der Waals surface area contributed by atoms with Gasteiger partial charge in [0.15, 0.2) is 9.84 Å². The normalized spacial score (nSPS) is 12.9. The van der Waals surface area contributed by atoms with E-state index in [1.807, 2.05) is 6.92 Å². The fourth-order valence-corrected chi connectivity index (χ4v) is 2.66. The van der Waals surface area contributed by atoms with E-state index in [0.717, 1.165) is 11.8 Å². The molecule has 0 spiro atoms. The lowest BCUT2D eigenvalue weighted by Gasteiger charge is -2.24. The second-order valence-corrected chi connectivity index (χ2v) is 7.28. The van der Waals surface area contributed by atoms with Gasteiger partial charge in [0, 0.05) is 19.4 Å². The van der Waals surface area contributed by atoms with Crippen LogP contribution in [0.2, 0.25) is 0 Å². The van der Waals surface area contributed by atoms with E-state index in [9.17, 15) is 13.2 Å². The minimum Gasteiger partial charge on any atom is -0.351 e. The summed E-state index contributed by atoms with van der Waals surface area (Å²) in [6, 6.07) is 7.84. The lowest BCUT2D eigenvalue weighted by atomic mass is 10.1. The van der Waals surface area contributed by atoms with Gasteiger partial charge in [0.05, 0.1) is 16.6 Å². The number of hydrogen-bond donors (Lipinski definition) is 0. The first-order valence-corrected chi connectivity index (χ1v) is 8.60. The van der Waals surface area contributed by atoms with Crippen molar-refractivity contribution in [2.24, 2.45) is 0 Å². The van der Waals surface area contributed by atoms with Crippen LogP contribution >= 0.6 is 0 Å². The molecule has 1 heterocycles. The fraction of sp³-hybridized carbons (Fsp3) is 0.333. The zero-order chi connectivity index (χ0) is 16.5. The van der Waals surface area contributed by atoms with Crippen LogP contribution in [0.5, 0.6) is 0 Å². The van der Waals surface area contributed by atoms with Crippen LogP contribution in [0.3, 0.4) is 0 Å². The molecule has 2 aromatic rings. The van der Waals surface area contributed by atoms with Gasteiger partial charge >= 0.3 is 0 Å². The Morgan fingerprint density at radius 3 is 2.32 bits per heavy atom. The fourth-order valence-electron chi connectivity index (χ4n) is 2.03. The van der Waals surface area contributed by atoms with Crippen molar-refractivity contribution in [1.29, 1.82) is 0 Å². The van der Waals surface area contributed by atoms with Crippen LogP contribution in [0, 0.1) is 6.92 Å². The molecule has 0 saturated carbocycles. The SMILES string of the molecule is Cc1cc(C(=O)N(C)[C@@H](C)c2ccc(S(C)(=O)=O)cc2)on1. The van der Waals surface area contributed by atoms with Crippen LogP contribution in [-0.4, -0.2) is 37.7 Å². The number of hydrogen-bond acceptors (Lipinski definition) is 5. The highest BCUT2D eigenvalue weighted by molar-refractivity contribution is 7.90. The Bertz CT molecular complexity index is 778. The van der Waals surface area contributed by atoms with E-state index in [2.05, 4.69) is 5.16 Å². The lowest BCUT2D eigenvalue weighted by Crippen LogP contribution is -2.29. The molecule has 118 valence electrons. The molecule has 0 aliphatic heterocycles. The molecule has 0 fully saturated rings. The molecule has 0 radical (unpaired) electrons. The Labute approximate surface area is 129 Å². The van der Waals surface area contributed by atoms with Crippen LogP contribution < -0.4 is 0 Å². The largest absolute Gasteiger partial charge is 0.351 e. The number of carbonyl (C=O) groups excluding carboxylic acids is 1. The molecule has 22 heavy (non-hydrogen) atoms. The van der Waals surface area contributed by atoms with Crippen molar-refractivity contribution < 1.29 is 17.7 Å². The third-order valence-corrected chi connectivity index (χ3v) is 4.66. The Kier molecular flexibility index (Phi) is 4.37. The average Bonchev–Trinajstić information content (AvgIpc) is 2.90. The number of rotatable bonds is 4. The van der Waals surface area contributed by atoms with Crippen molar-refractivity contribution in [2.75, 3.05) is 13.3 Å². The Hall–Kier alpha value is -2.15. The molecule has 0 aliphatic rings. The van der Waals surface area contributed by atoms with Gasteiger partial charge in [-0.05, 0) is 31.5 Å². The molecule has 6 nitrogen and oxygen atoms in total. The molecule has 0 aliphatic carbocycles. The topological polar surface area (TPSA) is 80.5 Å². The predicted octanol–water partition coefficient (Wildman–Crippen LogP) is 2.22. The summed E-state index contributed by atoms with van der Waals surface area (Å²) in [6.07, 6.45) is 1.16. The zero-order valence-corrected chi connectivity index (χ0v) is 13.7. The molecule has 0 N–H and O–H groups in total. The van der Waals surface area contributed by atoms with E-state index >= 15 is 0 Å². The molecule has 0 bridgehead atoms. The second kappa shape index (κ2) is 5.92. The predicted molar refractivity (Wildman–Crippen MR) is 81.3 cm³/mol. The van der Waals surface area contributed by atoms with Crippen molar-refractivity contribution in [3.63, 3.8) is 0 Å². The Morgan fingerprint density at radius 1 is 1.27 bits per heavy atom. The van der Waals surface area contributed by atoms with Crippen molar-refractivity contribution >= 4 is 15.7 Å². The monoisotopic (exact) mass is 322 g/mol. The van der Waals surface area contributed by atoms with E-state index in [0.29, 0.717) is 5.69 Å². The number of aromatic nitrogens is 1. The highest BCUT2D eigenvalue weighted by atomic mass is 32.2. The van der Waals surface area contributed by atoms with E-state index in [-0.39, 0.29) is 22.6 Å². The van der Waals surface area contributed by atoms with Gasteiger partial charge in [0.25, 0.3) is 5.91 Å². The summed E-state index contributed by atoms with van der Waals surface area (Å²) in [7, 11) is -1.56. The smallest absolute Gasteiger partial charge is 0.292 e. The summed E-state index contributed by atoms with van der Waals surface area (Å²) in [5, 5.41) is 3.70. The van der Waals surface area contributed by atoms with E-state index in [1.54, 1.807) is 32.2 Å². The molecule has 1 aromatic heterocycles. The van der Waals surface area contributed by atoms with Gasteiger partial charge in [0.2, 0.25) is 5.76 Å². The molecule has 1 amide bonds. The Morgan fingerprint density at radius 2 is 1.86 bits per heavy atom. The highest BCUT2D eigenvalue weighted by Gasteiger charge is 2.22. The van der Waals surface area contributed by atoms with E-state index in [1.165, 1.54) is 17.0 Å². The standard InChI is InChI=1S/C15H18N2O4S/c1-10-9-14(21-16-10)15(18)17(3)11(2)12-5-7-13(8-6-12)22(4,19)20/h5-9,11H,1-4H3/t11-/m0/s1. The first kappa shape index (κ1) is 16.2. The quantitative estimate of drug-likeness (QED) is 0.862. The van der Waals surface area contributed by atoms with Gasteiger partial charge < -0.3 is 9.42 Å². The van der Waals surface area contributed by atoms with Crippen LogP contribution in [0.25, 0.3) is 0 Å². The highest BCUT2D eigenvalue weighted by Crippen LogP contribution is 2.22. The van der Waals surface area contributed by atoms with Crippen molar-refractivity contribution in [1.82, 2.24) is 10.1 Å². The van der Waals surface area contributed by atoms with Crippen LogP contribution in [-0.2, 0) is 9.84 Å². The number of benzene rings is 1. The maximum atomic E-state index is 12.3. The molecule has 2 rings (SSSR count). The van der Waals surface area contributed by atoms with Gasteiger partial charge in [-0.2, -0.15) is 0 Å². The van der Waals surface area contributed by atoms with Crippen molar-refractivity contribution in [3.8, 4) is 0 Å². The van der Waals surface area contributed by atoms with Gasteiger partial charge in [-0.15, -0.1) is 0 Å². The Balaban J connectivity index is 2.20. The van der Waals surface area contributed by atoms with Gasteiger partial charge in [-0.25, -0.2) is 8.42 Å². The molecule has 7 heteroatoms. The maximum Gasteiger partial charge on any atom is 0.292 e. The molecular weight excluding hydrogens is 304 g/mol. The average molecular weight is 322 g/mol. The second-order valence-electron chi connectivity index (χ2n) is 5.27. The summed E-state index contributed by atoms with van der Waals surface area (Å²) in [5.74, 6) is -0.0973. The lowest BCUT2D eigenvalue weighted by molar-refractivity contribution is 0.0700. The number of amides is 1. The minimum absolute atomic E-state index is 0.180. The zero-order valence-electron chi connectivity index (χ0n) is 12.9. The van der Waals surface area contributed by atoms with E-state index < -0.39 is 9.84 Å². The summed E-state index contributed by atoms with van der Waals surface area (Å²) < 4.78 is 27.9. The number of carbonyl (C=O) groups is 1. The van der Waals surface area contributed by atoms with Crippen LogP contribution in [0.4, 0.5) is 0 Å². The summed E-state index contributed by atoms with van der Waals surface area (Å²) in [6.45, 7) is 3.60. The van der Waals surface area contributed by atoms with E-state index in [4.69, 9.17) is 4.52 Å². The number of aryl methyl sites for hydroxylation is 1. The van der Waals surface area contributed by atoms with Crippen LogP contribution in [0.1, 0.15) is 34.8 Å². The third-order valence-electron chi connectivity index (χ3n) is 3.53. The third kappa shape index (κ3) is 3.36. The minimum atomic E-state index is -3.23. The van der Waals surface area contributed by atoms with Gasteiger partial charge in [0.1, 0.15) is 0 Å². The summed E-state index contributed by atoms with van der Waals surface area (Å²) >= 11 is 0. The first-order chi connectivity index (χ1) is 10.2. The molecule has 0 saturated heterocycles. The van der Waals surface area contributed by atoms with Crippen molar-refractivity contribution in [3.05, 3.63) is 47.3 Å². The molecule has 1 atom stereocenters. The first-order valence-electron chi connectivity index (χ1n) is 6.70. The molecular formula is C15H18N2O4S. The van der Waals surface area contributed by atoms with Crippen LogP contribution in [0.15, 0.2) is 39.8 Å². The number of sulfone groups is 1. The summed E-state index contributed by atoms with van der Waals surface area (Å²) in [4.78, 5) is 14.1. The van der Waals surface area contributed by atoms with Gasteiger partial charge in [-0.3, -0.25) is 4.79 Å². The maximum absolute atomic E-state index is 12.3. The summed E-state index contributed by atoms with van der Waals surface area (Å²) in [5.41, 5.74) is 1.47. The molecule has 0 unspecified atom stereocenters. The number of nitrogens with zero attached hydrogens (tertiary/aromatic N) is 2. The van der Waals surface area contributed by atoms with Crippen molar-refractivity contribution in [2.45, 2.75) is 24.8 Å².